The fraction of sp³-hybridized carbons (Fsp3) is 0.312. The van der Waals surface area contributed by atoms with Gasteiger partial charge in [-0.05, 0) is 24.6 Å². The van der Waals surface area contributed by atoms with E-state index in [2.05, 4.69) is 20.8 Å². The van der Waals surface area contributed by atoms with Crippen molar-refractivity contribution in [1.29, 1.82) is 0 Å². The van der Waals surface area contributed by atoms with Gasteiger partial charge < -0.3 is 15.4 Å². The lowest BCUT2D eigenvalue weighted by atomic mass is 10.1. The zero-order chi connectivity index (χ0) is 18.7. The molecule has 10 heteroatoms. The van der Waals surface area contributed by atoms with Gasteiger partial charge in [-0.2, -0.15) is 0 Å². The summed E-state index contributed by atoms with van der Waals surface area (Å²) in [4.78, 5) is 37.7. The predicted molar refractivity (Wildman–Crippen MR) is 93.8 cm³/mol. The van der Waals surface area contributed by atoms with Gasteiger partial charge in [-0.1, -0.05) is 23.5 Å². The van der Waals surface area contributed by atoms with Crippen LogP contribution in [0.5, 0.6) is 5.75 Å². The molecule has 1 aliphatic heterocycles. The molecule has 0 radical (unpaired) electrons. The van der Waals surface area contributed by atoms with Gasteiger partial charge in [0.25, 0.3) is 5.91 Å². The number of methoxy groups -OCH3 is 1. The number of urea groups is 1. The van der Waals surface area contributed by atoms with E-state index < -0.39 is 23.9 Å². The Kier molecular flexibility index (Phi) is 5.12. The maximum absolute atomic E-state index is 12.4. The number of anilines is 1. The first-order valence-corrected chi connectivity index (χ1v) is 8.62. The summed E-state index contributed by atoms with van der Waals surface area (Å²) in [5, 5.41) is 13.8. The number of amides is 4. The van der Waals surface area contributed by atoms with E-state index in [9.17, 15) is 14.4 Å². The number of imide groups is 1. The quantitative estimate of drug-likeness (QED) is 0.736. The number of rotatable bonds is 6. The van der Waals surface area contributed by atoms with Crippen LogP contribution in [0, 0.1) is 6.92 Å². The van der Waals surface area contributed by atoms with Crippen LogP contribution in [0.2, 0.25) is 0 Å². The minimum Gasteiger partial charge on any atom is -0.497 e. The lowest BCUT2D eigenvalue weighted by Gasteiger charge is -2.13. The zero-order valence-corrected chi connectivity index (χ0v) is 15.0. The summed E-state index contributed by atoms with van der Waals surface area (Å²) in [6, 6.07) is 5.64. The molecular formula is C16H17N5O4S. The molecule has 1 aromatic carbocycles. The van der Waals surface area contributed by atoms with Crippen LogP contribution >= 0.6 is 11.3 Å². The van der Waals surface area contributed by atoms with Gasteiger partial charge in [-0.3, -0.25) is 14.5 Å². The fourth-order valence-corrected chi connectivity index (χ4v) is 3.09. The van der Waals surface area contributed by atoms with Gasteiger partial charge in [0.15, 0.2) is 0 Å². The zero-order valence-electron chi connectivity index (χ0n) is 14.2. The fourth-order valence-electron chi connectivity index (χ4n) is 2.48. The van der Waals surface area contributed by atoms with Gasteiger partial charge in [0.05, 0.1) is 20.1 Å². The average molecular weight is 375 g/mol. The maximum Gasteiger partial charge on any atom is 0.325 e. The van der Waals surface area contributed by atoms with Crippen LogP contribution in [0.3, 0.4) is 0 Å². The van der Waals surface area contributed by atoms with Crippen LogP contribution in [-0.4, -0.2) is 46.1 Å². The van der Waals surface area contributed by atoms with Crippen LogP contribution in [0.4, 0.5) is 9.93 Å². The first-order valence-electron chi connectivity index (χ1n) is 7.81. The molecule has 0 saturated carbocycles. The van der Waals surface area contributed by atoms with Crippen molar-refractivity contribution >= 4 is 34.3 Å². The Morgan fingerprint density at radius 1 is 1.31 bits per heavy atom. The third-order valence-electron chi connectivity index (χ3n) is 3.77. The summed E-state index contributed by atoms with van der Waals surface area (Å²) in [6.07, 6.45) is -0.164. The van der Waals surface area contributed by atoms with Crippen molar-refractivity contribution < 1.29 is 19.1 Å². The van der Waals surface area contributed by atoms with Crippen LogP contribution in [-0.2, 0) is 16.1 Å². The second kappa shape index (κ2) is 7.48. The minimum absolute atomic E-state index is 0.127. The van der Waals surface area contributed by atoms with Crippen molar-refractivity contribution in [3.8, 4) is 5.75 Å². The Hall–Kier alpha value is -3.01. The Morgan fingerprint density at radius 2 is 2.04 bits per heavy atom. The van der Waals surface area contributed by atoms with Crippen LogP contribution in [0.1, 0.15) is 17.0 Å². The molecule has 2 N–H and O–H groups in total. The molecule has 1 aromatic heterocycles. The molecule has 9 nitrogen and oxygen atoms in total. The molecule has 2 heterocycles. The number of aromatic nitrogens is 2. The van der Waals surface area contributed by atoms with Gasteiger partial charge in [0.2, 0.25) is 11.0 Å². The first-order chi connectivity index (χ1) is 12.5. The van der Waals surface area contributed by atoms with E-state index in [1.807, 2.05) is 0 Å². The van der Waals surface area contributed by atoms with Gasteiger partial charge >= 0.3 is 6.03 Å². The number of carbonyl (C=O) groups is 3. The van der Waals surface area contributed by atoms with Crippen molar-refractivity contribution in [2.45, 2.75) is 25.9 Å². The Balaban J connectivity index is 1.59. The average Bonchev–Trinajstić information content (AvgIpc) is 3.13. The SMILES string of the molecule is COc1ccc(CN2C(=O)NC(CC(=O)Nc3nnc(C)s3)C2=O)cc1. The van der Waals surface area contributed by atoms with E-state index in [0.717, 1.165) is 15.5 Å². The van der Waals surface area contributed by atoms with Crippen LogP contribution < -0.4 is 15.4 Å². The van der Waals surface area contributed by atoms with E-state index in [4.69, 9.17) is 4.74 Å². The number of hydrogen-bond donors (Lipinski definition) is 2. The van der Waals surface area contributed by atoms with Crippen molar-refractivity contribution in [3.05, 3.63) is 34.8 Å². The molecule has 2 aromatic rings. The van der Waals surface area contributed by atoms with Crippen LogP contribution in [0.15, 0.2) is 24.3 Å². The Morgan fingerprint density at radius 3 is 2.65 bits per heavy atom. The highest BCUT2D eigenvalue weighted by atomic mass is 32.1. The van der Waals surface area contributed by atoms with Crippen molar-refractivity contribution in [2.24, 2.45) is 0 Å². The molecule has 1 aliphatic rings. The largest absolute Gasteiger partial charge is 0.497 e. The summed E-state index contributed by atoms with van der Waals surface area (Å²) < 4.78 is 5.08. The van der Waals surface area contributed by atoms with E-state index in [1.54, 1.807) is 38.3 Å². The van der Waals surface area contributed by atoms with Gasteiger partial charge in [0.1, 0.15) is 16.8 Å². The second-order valence-corrected chi connectivity index (χ2v) is 6.83. The van der Waals surface area contributed by atoms with Crippen molar-refractivity contribution in [2.75, 3.05) is 12.4 Å². The van der Waals surface area contributed by atoms with Crippen LogP contribution in [0.25, 0.3) is 0 Å². The lowest BCUT2D eigenvalue weighted by Crippen LogP contribution is -2.34. The number of carbonyl (C=O) groups excluding carboxylic acids is 3. The Labute approximate surface area is 153 Å². The first kappa shape index (κ1) is 17.8. The number of ether oxygens (including phenoxy) is 1. The van der Waals surface area contributed by atoms with Crippen molar-refractivity contribution in [3.63, 3.8) is 0 Å². The lowest BCUT2D eigenvalue weighted by molar-refractivity contribution is -0.130. The summed E-state index contributed by atoms with van der Waals surface area (Å²) in [6.45, 7) is 1.90. The molecule has 0 bridgehead atoms. The summed E-state index contributed by atoms with van der Waals surface area (Å²) >= 11 is 1.23. The van der Waals surface area contributed by atoms with E-state index in [-0.39, 0.29) is 13.0 Å². The normalized spacial score (nSPS) is 16.5. The van der Waals surface area contributed by atoms with Gasteiger partial charge in [-0.15, -0.1) is 10.2 Å². The van der Waals surface area contributed by atoms with Crippen molar-refractivity contribution in [1.82, 2.24) is 20.4 Å². The van der Waals surface area contributed by atoms with Gasteiger partial charge in [0, 0.05) is 0 Å². The molecule has 0 spiro atoms. The topological polar surface area (TPSA) is 114 Å². The summed E-state index contributed by atoms with van der Waals surface area (Å²) in [7, 11) is 1.56. The number of nitrogens with one attached hydrogen (secondary N) is 2. The number of hydrogen-bond acceptors (Lipinski definition) is 7. The smallest absolute Gasteiger partial charge is 0.325 e. The third-order valence-corrected chi connectivity index (χ3v) is 4.52. The van der Waals surface area contributed by atoms with E-state index >= 15 is 0 Å². The highest BCUT2D eigenvalue weighted by Crippen LogP contribution is 2.18. The molecule has 1 unspecified atom stereocenters. The second-order valence-electron chi connectivity index (χ2n) is 5.65. The summed E-state index contributed by atoms with van der Waals surface area (Å²) in [5.74, 6) is -0.159. The molecule has 3 rings (SSSR count). The monoisotopic (exact) mass is 375 g/mol. The molecule has 4 amide bonds. The maximum atomic E-state index is 12.4. The predicted octanol–water partition coefficient (Wildman–Crippen LogP) is 1.30. The number of aryl methyl sites for hydroxylation is 1. The van der Waals surface area contributed by atoms with E-state index in [0.29, 0.717) is 10.9 Å². The minimum atomic E-state index is -0.894. The van der Waals surface area contributed by atoms with Gasteiger partial charge in [-0.25, -0.2) is 4.79 Å². The number of benzene rings is 1. The molecular weight excluding hydrogens is 358 g/mol. The standard InChI is InChI=1S/C16H17N5O4S/c1-9-19-20-15(26-9)18-13(22)7-12-14(23)21(16(24)17-12)8-10-3-5-11(25-2)6-4-10/h3-6,12H,7-8H2,1-2H3,(H,17,24)(H,18,20,22). The highest BCUT2D eigenvalue weighted by molar-refractivity contribution is 7.15. The molecule has 0 aliphatic carbocycles. The molecule has 1 fully saturated rings. The Bertz CT molecular complexity index is 835. The number of nitrogens with zero attached hydrogens (tertiary/aromatic N) is 3. The molecule has 1 atom stereocenters. The highest BCUT2D eigenvalue weighted by Gasteiger charge is 2.39. The van der Waals surface area contributed by atoms with E-state index in [1.165, 1.54) is 11.3 Å². The third kappa shape index (κ3) is 3.97. The molecule has 26 heavy (non-hydrogen) atoms. The molecule has 136 valence electrons. The molecule has 1 saturated heterocycles. The summed E-state index contributed by atoms with van der Waals surface area (Å²) in [5.41, 5.74) is 0.781.